The molecule has 2 amide bonds. The van der Waals surface area contributed by atoms with Crippen molar-refractivity contribution in [1.82, 2.24) is 20.0 Å². The van der Waals surface area contributed by atoms with Crippen LogP contribution in [0.5, 0.6) is 5.75 Å². The third-order valence-electron chi connectivity index (χ3n) is 5.94. The lowest BCUT2D eigenvalue weighted by Crippen LogP contribution is -2.40. The second-order valence-corrected chi connectivity index (χ2v) is 10.2. The van der Waals surface area contributed by atoms with E-state index in [1.165, 1.54) is 22.6 Å². The molecule has 2 aromatic heterocycles. The molecule has 4 aromatic rings. The number of aryl methyl sites for hydroxylation is 1. The van der Waals surface area contributed by atoms with E-state index >= 15 is 0 Å². The lowest BCUT2D eigenvalue weighted by Gasteiger charge is -2.23. The molecular formula is C29H28F4N4O4. The van der Waals surface area contributed by atoms with Crippen molar-refractivity contribution in [3.63, 3.8) is 0 Å². The summed E-state index contributed by atoms with van der Waals surface area (Å²) in [6.45, 7) is 6.00. The van der Waals surface area contributed by atoms with Crippen LogP contribution in [0, 0.1) is 30.2 Å². The van der Waals surface area contributed by atoms with Gasteiger partial charge in [-0.15, -0.1) is 0 Å². The number of carbonyl (C=O) groups excluding carboxylic acids is 2. The number of carbonyl (C=O) groups is 2. The number of ether oxygens (including phenoxy) is 2. The van der Waals surface area contributed by atoms with Crippen LogP contribution in [0.1, 0.15) is 54.1 Å². The van der Waals surface area contributed by atoms with E-state index in [1.807, 2.05) is 0 Å². The first-order valence-corrected chi connectivity index (χ1v) is 12.6. The van der Waals surface area contributed by atoms with Crippen LogP contribution in [0.2, 0.25) is 0 Å². The SMILES string of the molecule is Cc1nc2c(OCc3c(F)cccc3F)cccn2c1C(=O)NC(CNC(=O)OC(C)(C)C)c1ccc(F)c(F)c1. The smallest absolute Gasteiger partial charge is 0.407 e. The zero-order valence-electron chi connectivity index (χ0n) is 22.7. The number of nitrogens with zero attached hydrogens (tertiary/aromatic N) is 2. The van der Waals surface area contributed by atoms with Crippen molar-refractivity contribution in [3.8, 4) is 5.75 Å². The summed E-state index contributed by atoms with van der Waals surface area (Å²) >= 11 is 0. The van der Waals surface area contributed by atoms with Crippen molar-refractivity contribution in [2.45, 2.75) is 45.9 Å². The van der Waals surface area contributed by atoms with Gasteiger partial charge in [-0.3, -0.25) is 9.20 Å². The molecule has 2 N–H and O–H groups in total. The number of rotatable bonds is 8. The summed E-state index contributed by atoms with van der Waals surface area (Å²) in [4.78, 5) is 30.2. The molecular weight excluding hydrogens is 544 g/mol. The molecule has 0 fully saturated rings. The van der Waals surface area contributed by atoms with Gasteiger partial charge >= 0.3 is 6.09 Å². The predicted octanol–water partition coefficient (Wildman–Crippen LogP) is 5.77. The number of hydrogen-bond donors (Lipinski definition) is 2. The molecule has 8 nitrogen and oxygen atoms in total. The van der Waals surface area contributed by atoms with Crippen molar-refractivity contribution >= 4 is 17.6 Å². The van der Waals surface area contributed by atoms with Crippen molar-refractivity contribution in [1.29, 1.82) is 0 Å². The molecule has 4 rings (SSSR count). The summed E-state index contributed by atoms with van der Waals surface area (Å²) in [5, 5.41) is 5.26. The van der Waals surface area contributed by atoms with Gasteiger partial charge in [-0.1, -0.05) is 12.1 Å². The molecule has 0 radical (unpaired) electrons. The first kappa shape index (κ1) is 29.4. The second kappa shape index (κ2) is 11.9. The molecule has 0 aliphatic rings. The van der Waals surface area contributed by atoms with Crippen LogP contribution in [0.4, 0.5) is 22.4 Å². The molecule has 2 aromatic carbocycles. The molecule has 0 saturated heterocycles. The topological polar surface area (TPSA) is 94.0 Å². The van der Waals surface area contributed by atoms with Gasteiger partial charge in [-0.2, -0.15) is 0 Å². The van der Waals surface area contributed by atoms with Crippen molar-refractivity contribution in [3.05, 3.63) is 101 Å². The van der Waals surface area contributed by atoms with Gasteiger partial charge in [0.1, 0.15) is 29.5 Å². The Bertz CT molecular complexity index is 1580. The Labute approximate surface area is 233 Å². The van der Waals surface area contributed by atoms with Gasteiger partial charge in [0.2, 0.25) is 0 Å². The summed E-state index contributed by atoms with van der Waals surface area (Å²) in [6.07, 6.45) is 0.783. The Hall–Kier alpha value is -4.61. The highest BCUT2D eigenvalue weighted by Crippen LogP contribution is 2.25. The van der Waals surface area contributed by atoms with Gasteiger partial charge in [0.05, 0.1) is 17.3 Å². The summed E-state index contributed by atoms with van der Waals surface area (Å²) in [7, 11) is 0. The highest BCUT2D eigenvalue weighted by Gasteiger charge is 2.25. The largest absolute Gasteiger partial charge is 0.485 e. The van der Waals surface area contributed by atoms with Crippen molar-refractivity contribution < 1.29 is 36.6 Å². The normalized spacial score (nSPS) is 12.2. The number of pyridine rings is 1. The van der Waals surface area contributed by atoms with Gasteiger partial charge in [0.25, 0.3) is 5.91 Å². The molecule has 0 saturated carbocycles. The Morgan fingerprint density at radius 2 is 1.68 bits per heavy atom. The van der Waals surface area contributed by atoms with E-state index in [2.05, 4.69) is 15.6 Å². The van der Waals surface area contributed by atoms with Gasteiger partial charge < -0.3 is 20.1 Å². The summed E-state index contributed by atoms with van der Waals surface area (Å²) in [5.41, 5.74) is -0.260. The molecule has 12 heteroatoms. The van der Waals surface area contributed by atoms with E-state index in [-0.39, 0.29) is 34.8 Å². The van der Waals surface area contributed by atoms with Crippen LogP contribution < -0.4 is 15.4 Å². The zero-order valence-corrected chi connectivity index (χ0v) is 22.7. The zero-order chi connectivity index (χ0) is 29.9. The lowest BCUT2D eigenvalue weighted by molar-refractivity contribution is 0.0519. The van der Waals surface area contributed by atoms with Crippen LogP contribution in [0.3, 0.4) is 0 Å². The minimum Gasteiger partial charge on any atom is -0.485 e. The fourth-order valence-electron chi connectivity index (χ4n) is 4.07. The molecule has 216 valence electrons. The Morgan fingerprint density at radius 3 is 2.34 bits per heavy atom. The van der Waals surface area contributed by atoms with Gasteiger partial charge in [-0.25, -0.2) is 27.3 Å². The number of fused-ring (bicyclic) bond motifs is 1. The maximum atomic E-state index is 14.1. The van der Waals surface area contributed by atoms with E-state index < -0.39 is 53.5 Å². The minimum atomic E-state index is -1.13. The van der Waals surface area contributed by atoms with Crippen LogP contribution >= 0.6 is 0 Å². The Kier molecular flexibility index (Phi) is 8.50. The molecule has 0 spiro atoms. The summed E-state index contributed by atoms with van der Waals surface area (Å²) in [5.74, 6) is -4.20. The van der Waals surface area contributed by atoms with Crippen LogP contribution in [0.15, 0.2) is 54.7 Å². The first-order chi connectivity index (χ1) is 19.3. The van der Waals surface area contributed by atoms with E-state index in [1.54, 1.807) is 40.0 Å². The lowest BCUT2D eigenvalue weighted by atomic mass is 10.1. The second-order valence-electron chi connectivity index (χ2n) is 10.2. The summed E-state index contributed by atoms with van der Waals surface area (Å²) in [6, 6.07) is 8.72. The number of alkyl carbamates (subject to hydrolysis) is 1. The summed E-state index contributed by atoms with van der Waals surface area (Å²) < 4.78 is 68.1. The third-order valence-corrected chi connectivity index (χ3v) is 5.94. The van der Waals surface area contributed by atoms with E-state index in [9.17, 15) is 27.2 Å². The van der Waals surface area contributed by atoms with E-state index in [4.69, 9.17) is 9.47 Å². The highest BCUT2D eigenvalue weighted by atomic mass is 19.2. The average molecular weight is 573 g/mol. The van der Waals surface area contributed by atoms with Crippen LogP contribution in [-0.2, 0) is 11.3 Å². The number of hydrogen-bond acceptors (Lipinski definition) is 5. The molecule has 2 heterocycles. The molecule has 1 atom stereocenters. The number of aromatic nitrogens is 2. The van der Waals surface area contributed by atoms with E-state index in [0.717, 1.165) is 24.3 Å². The monoisotopic (exact) mass is 572 g/mol. The minimum absolute atomic E-state index is 0.0902. The molecule has 1 unspecified atom stereocenters. The van der Waals surface area contributed by atoms with Gasteiger partial charge in [-0.05, 0) is 69.7 Å². The fourth-order valence-corrected chi connectivity index (χ4v) is 4.07. The Balaban J connectivity index is 1.60. The molecule has 0 aliphatic carbocycles. The standard InChI is InChI=1S/C29H28F4N4O4/c1-16-25(37-12-6-9-24(26(37)35-16)40-15-18-19(30)7-5-8-20(18)31)27(38)36-23(14-34-28(39)41-29(2,3)4)17-10-11-21(32)22(33)13-17/h5-13,23H,14-15H2,1-4H3,(H,34,39)(H,36,38). The molecule has 0 bridgehead atoms. The maximum absolute atomic E-state index is 14.1. The molecule has 41 heavy (non-hydrogen) atoms. The van der Waals surface area contributed by atoms with Gasteiger partial charge in [0, 0.05) is 12.7 Å². The maximum Gasteiger partial charge on any atom is 0.407 e. The number of nitrogens with one attached hydrogen (secondary N) is 2. The number of amides is 2. The molecule has 0 aliphatic heterocycles. The number of imidazole rings is 1. The highest BCUT2D eigenvalue weighted by molar-refractivity contribution is 5.95. The predicted molar refractivity (Wildman–Crippen MR) is 141 cm³/mol. The van der Waals surface area contributed by atoms with Crippen LogP contribution in [-0.4, -0.2) is 33.5 Å². The third kappa shape index (κ3) is 6.94. The number of halogens is 4. The fraction of sp³-hybridized carbons (Fsp3) is 0.276. The van der Waals surface area contributed by atoms with E-state index in [0.29, 0.717) is 5.69 Å². The quantitative estimate of drug-likeness (QED) is 0.262. The van der Waals surface area contributed by atoms with Crippen molar-refractivity contribution in [2.24, 2.45) is 0 Å². The van der Waals surface area contributed by atoms with Gasteiger partial charge in [0.15, 0.2) is 23.0 Å². The average Bonchev–Trinajstić information content (AvgIpc) is 3.23. The Morgan fingerprint density at radius 1 is 0.976 bits per heavy atom. The van der Waals surface area contributed by atoms with Crippen molar-refractivity contribution in [2.75, 3.05) is 6.54 Å². The number of benzene rings is 2. The first-order valence-electron chi connectivity index (χ1n) is 12.6. The van der Waals surface area contributed by atoms with Crippen LogP contribution in [0.25, 0.3) is 5.65 Å².